The summed E-state index contributed by atoms with van der Waals surface area (Å²) in [6.07, 6.45) is 0.928. The summed E-state index contributed by atoms with van der Waals surface area (Å²) in [7, 11) is 0. The SMILES string of the molecule is Clc1ccccc1CCNCc1csnn1. The summed E-state index contributed by atoms with van der Waals surface area (Å²) in [5.74, 6) is 0. The van der Waals surface area contributed by atoms with Crippen LogP contribution >= 0.6 is 23.1 Å². The summed E-state index contributed by atoms with van der Waals surface area (Å²) in [6.45, 7) is 1.65. The average molecular weight is 254 g/mol. The Bertz CT molecular complexity index is 431. The van der Waals surface area contributed by atoms with E-state index in [1.54, 1.807) is 0 Å². The highest BCUT2D eigenvalue weighted by molar-refractivity contribution is 7.03. The van der Waals surface area contributed by atoms with E-state index in [2.05, 4.69) is 21.0 Å². The Morgan fingerprint density at radius 2 is 2.19 bits per heavy atom. The molecule has 0 unspecified atom stereocenters. The highest BCUT2D eigenvalue weighted by atomic mass is 35.5. The van der Waals surface area contributed by atoms with Crippen LogP contribution in [0.3, 0.4) is 0 Å². The van der Waals surface area contributed by atoms with E-state index in [9.17, 15) is 0 Å². The highest BCUT2D eigenvalue weighted by Gasteiger charge is 1.99. The normalized spacial score (nSPS) is 10.6. The Hall–Kier alpha value is -0.970. The van der Waals surface area contributed by atoms with Crippen molar-refractivity contribution < 1.29 is 0 Å². The van der Waals surface area contributed by atoms with Gasteiger partial charge in [-0.3, -0.25) is 0 Å². The van der Waals surface area contributed by atoms with E-state index in [4.69, 9.17) is 11.6 Å². The van der Waals surface area contributed by atoms with Gasteiger partial charge >= 0.3 is 0 Å². The summed E-state index contributed by atoms with van der Waals surface area (Å²) in [6, 6.07) is 7.92. The van der Waals surface area contributed by atoms with E-state index in [1.165, 1.54) is 17.1 Å². The molecule has 0 spiro atoms. The van der Waals surface area contributed by atoms with Crippen molar-refractivity contribution in [1.82, 2.24) is 14.9 Å². The fourth-order valence-corrected chi connectivity index (χ4v) is 2.08. The zero-order valence-corrected chi connectivity index (χ0v) is 10.3. The minimum Gasteiger partial charge on any atom is -0.311 e. The molecule has 2 rings (SSSR count). The molecule has 2 aromatic rings. The molecule has 0 saturated carbocycles. The third-order valence-electron chi connectivity index (χ3n) is 2.24. The predicted molar refractivity (Wildman–Crippen MR) is 66.8 cm³/mol. The van der Waals surface area contributed by atoms with E-state index in [1.807, 2.05) is 23.6 Å². The summed E-state index contributed by atoms with van der Waals surface area (Å²) in [4.78, 5) is 0. The first kappa shape index (κ1) is 11.5. The smallest absolute Gasteiger partial charge is 0.0893 e. The van der Waals surface area contributed by atoms with Crippen LogP contribution in [-0.4, -0.2) is 16.1 Å². The van der Waals surface area contributed by atoms with Crippen molar-refractivity contribution >= 4 is 23.1 Å². The molecule has 5 heteroatoms. The molecule has 0 atom stereocenters. The zero-order valence-electron chi connectivity index (χ0n) is 8.69. The summed E-state index contributed by atoms with van der Waals surface area (Å²) >= 11 is 7.43. The summed E-state index contributed by atoms with van der Waals surface area (Å²) in [5.41, 5.74) is 2.16. The molecule has 3 nitrogen and oxygen atoms in total. The lowest BCUT2D eigenvalue weighted by atomic mass is 10.1. The molecule has 0 fully saturated rings. The number of hydrogen-bond donors (Lipinski definition) is 1. The first-order chi connectivity index (χ1) is 7.86. The van der Waals surface area contributed by atoms with E-state index in [-0.39, 0.29) is 0 Å². The van der Waals surface area contributed by atoms with Gasteiger partial charge in [0.15, 0.2) is 0 Å². The molecule has 1 aromatic carbocycles. The molecule has 0 radical (unpaired) electrons. The van der Waals surface area contributed by atoms with Crippen LogP contribution in [0.5, 0.6) is 0 Å². The van der Waals surface area contributed by atoms with Gasteiger partial charge in [0.2, 0.25) is 0 Å². The largest absolute Gasteiger partial charge is 0.311 e. The van der Waals surface area contributed by atoms with E-state index in [0.717, 1.165) is 30.2 Å². The van der Waals surface area contributed by atoms with Crippen molar-refractivity contribution in [2.75, 3.05) is 6.54 Å². The lowest BCUT2D eigenvalue weighted by molar-refractivity contribution is 0.673. The van der Waals surface area contributed by atoms with Crippen molar-refractivity contribution in [2.45, 2.75) is 13.0 Å². The number of benzene rings is 1. The predicted octanol–water partition coefficient (Wildman–Crippen LogP) is 2.52. The van der Waals surface area contributed by atoms with Gasteiger partial charge in [0.05, 0.1) is 5.69 Å². The van der Waals surface area contributed by atoms with Gasteiger partial charge in [0.25, 0.3) is 0 Å². The Morgan fingerprint density at radius 1 is 1.31 bits per heavy atom. The maximum Gasteiger partial charge on any atom is 0.0893 e. The zero-order chi connectivity index (χ0) is 11.2. The third kappa shape index (κ3) is 3.27. The Kier molecular flexibility index (Phi) is 4.27. The van der Waals surface area contributed by atoms with Gasteiger partial charge in [0, 0.05) is 16.9 Å². The molecule has 0 aliphatic heterocycles. The molecule has 16 heavy (non-hydrogen) atoms. The van der Waals surface area contributed by atoms with Gasteiger partial charge in [-0.25, -0.2) is 0 Å². The Labute approximate surface area is 104 Å². The standard InChI is InChI=1S/C11H12ClN3S/c12-11-4-2-1-3-9(11)5-6-13-7-10-8-16-15-14-10/h1-4,8,13H,5-7H2. The summed E-state index contributed by atoms with van der Waals surface area (Å²) in [5, 5.41) is 10.0. The second-order valence-electron chi connectivity index (χ2n) is 3.41. The Morgan fingerprint density at radius 3 is 2.94 bits per heavy atom. The van der Waals surface area contributed by atoms with Crippen molar-refractivity contribution in [3.05, 3.63) is 45.9 Å². The van der Waals surface area contributed by atoms with Crippen LogP contribution in [0.2, 0.25) is 5.02 Å². The molecule has 1 N–H and O–H groups in total. The van der Waals surface area contributed by atoms with Gasteiger partial charge in [-0.2, -0.15) is 0 Å². The first-order valence-corrected chi connectivity index (χ1v) is 6.28. The van der Waals surface area contributed by atoms with E-state index in [0.29, 0.717) is 0 Å². The third-order valence-corrected chi connectivity index (χ3v) is 3.16. The van der Waals surface area contributed by atoms with Crippen LogP contribution in [0.25, 0.3) is 0 Å². The maximum absolute atomic E-state index is 6.05. The second-order valence-corrected chi connectivity index (χ2v) is 4.43. The van der Waals surface area contributed by atoms with Crippen LogP contribution in [0.1, 0.15) is 11.3 Å². The topological polar surface area (TPSA) is 37.8 Å². The van der Waals surface area contributed by atoms with Crippen molar-refractivity contribution in [3.8, 4) is 0 Å². The first-order valence-electron chi connectivity index (χ1n) is 5.06. The summed E-state index contributed by atoms with van der Waals surface area (Å²) < 4.78 is 3.80. The quantitative estimate of drug-likeness (QED) is 0.833. The maximum atomic E-state index is 6.05. The van der Waals surface area contributed by atoms with Crippen LogP contribution in [-0.2, 0) is 13.0 Å². The Balaban J connectivity index is 1.74. The van der Waals surface area contributed by atoms with Crippen molar-refractivity contribution in [1.29, 1.82) is 0 Å². The van der Waals surface area contributed by atoms with E-state index >= 15 is 0 Å². The highest BCUT2D eigenvalue weighted by Crippen LogP contribution is 2.14. The molecule has 0 aliphatic rings. The molecule has 0 saturated heterocycles. The molecular formula is C11H12ClN3S. The molecular weight excluding hydrogens is 242 g/mol. The molecule has 0 aliphatic carbocycles. The number of nitrogens with one attached hydrogen (secondary N) is 1. The minimum absolute atomic E-state index is 0.765. The number of aromatic nitrogens is 2. The van der Waals surface area contributed by atoms with Crippen LogP contribution in [0, 0.1) is 0 Å². The van der Waals surface area contributed by atoms with Gasteiger partial charge in [-0.05, 0) is 36.1 Å². The molecule has 1 aromatic heterocycles. The monoisotopic (exact) mass is 253 g/mol. The van der Waals surface area contributed by atoms with Gasteiger partial charge in [0.1, 0.15) is 0 Å². The number of rotatable bonds is 5. The lowest BCUT2D eigenvalue weighted by Gasteiger charge is -2.04. The van der Waals surface area contributed by atoms with Crippen LogP contribution in [0.4, 0.5) is 0 Å². The fourth-order valence-electron chi connectivity index (χ4n) is 1.40. The number of hydrogen-bond acceptors (Lipinski definition) is 4. The lowest BCUT2D eigenvalue weighted by Crippen LogP contribution is -2.17. The van der Waals surface area contributed by atoms with Gasteiger partial charge in [-0.15, -0.1) is 5.10 Å². The van der Waals surface area contributed by atoms with E-state index < -0.39 is 0 Å². The van der Waals surface area contributed by atoms with Crippen molar-refractivity contribution in [3.63, 3.8) is 0 Å². The molecule has 0 amide bonds. The molecule has 0 bridgehead atoms. The number of halogens is 1. The number of nitrogens with zero attached hydrogens (tertiary/aromatic N) is 2. The van der Waals surface area contributed by atoms with Gasteiger partial charge in [-0.1, -0.05) is 34.3 Å². The molecule has 1 heterocycles. The minimum atomic E-state index is 0.765. The van der Waals surface area contributed by atoms with Crippen LogP contribution < -0.4 is 5.32 Å². The average Bonchev–Trinajstić information content (AvgIpc) is 2.79. The van der Waals surface area contributed by atoms with Gasteiger partial charge < -0.3 is 5.32 Å². The van der Waals surface area contributed by atoms with Crippen molar-refractivity contribution in [2.24, 2.45) is 0 Å². The second kappa shape index (κ2) is 5.94. The van der Waals surface area contributed by atoms with Crippen LogP contribution in [0.15, 0.2) is 29.6 Å². The fraction of sp³-hybridized carbons (Fsp3) is 0.273. The molecule has 84 valence electrons.